The topological polar surface area (TPSA) is 143 Å². The maximum absolute atomic E-state index is 12.8. The van der Waals surface area contributed by atoms with Gasteiger partial charge in [0.2, 0.25) is 10.0 Å². The van der Waals surface area contributed by atoms with Crippen LogP contribution >= 0.6 is 11.6 Å². The summed E-state index contributed by atoms with van der Waals surface area (Å²) in [6.45, 7) is 0.354. The van der Waals surface area contributed by atoms with E-state index < -0.39 is 15.9 Å². The quantitative estimate of drug-likeness (QED) is 0.346. The van der Waals surface area contributed by atoms with Crippen molar-refractivity contribution in [2.24, 2.45) is 0 Å². The first-order valence-electron chi connectivity index (χ1n) is 9.10. The zero-order chi connectivity index (χ0) is 22.1. The molecular formula is C18H23ClN4O6S. The van der Waals surface area contributed by atoms with Gasteiger partial charge in [0.05, 0.1) is 42.0 Å². The fraction of sp³-hybridized carbons (Fsp3) is 0.444. The third-order valence-electron chi connectivity index (χ3n) is 4.30. The average molecular weight is 459 g/mol. The number of amides is 1. The number of hydrogen-bond acceptors (Lipinski definition) is 8. The molecule has 0 atom stereocenters. The first-order chi connectivity index (χ1) is 14.3. The third-order valence-corrected chi connectivity index (χ3v) is 6.52. The molecule has 1 fully saturated rings. The molecule has 12 heteroatoms. The molecule has 1 aliphatic heterocycles. The predicted molar refractivity (Wildman–Crippen MR) is 109 cm³/mol. The number of carbonyl (C=O) groups is 1. The van der Waals surface area contributed by atoms with E-state index in [0.717, 1.165) is 11.1 Å². The molecule has 164 valence electrons. The maximum atomic E-state index is 12.8. The van der Waals surface area contributed by atoms with Crippen molar-refractivity contribution in [3.8, 4) is 6.07 Å². The van der Waals surface area contributed by atoms with Gasteiger partial charge in [0.15, 0.2) is 0 Å². The molecule has 0 bridgehead atoms. The minimum absolute atomic E-state index is 0.0109. The molecule has 1 heterocycles. The highest BCUT2D eigenvalue weighted by Gasteiger charge is 2.27. The van der Waals surface area contributed by atoms with Crippen LogP contribution in [0.3, 0.4) is 0 Å². The number of aliphatic hydroxyl groups excluding tert-OH is 2. The van der Waals surface area contributed by atoms with Crippen molar-refractivity contribution in [3.05, 3.63) is 35.0 Å². The van der Waals surface area contributed by atoms with Gasteiger partial charge < -0.3 is 25.2 Å². The lowest BCUT2D eigenvalue weighted by molar-refractivity contribution is -0.127. The van der Waals surface area contributed by atoms with Crippen LogP contribution in [0.25, 0.3) is 0 Å². The summed E-state index contributed by atoms with van der Waals surface area (Å²) in [4.78, 5) is 13.6. The van der Waals surface area contributed by atoms with Crippen LogP contribution in [0.5, 0.6) is 0 Å². The van der Waals surface area contributed by atoms with Crippen molar-refractivity contribution in [1.82, 2.24) is 9.21 Å². The van der Waals surface area contributed by atoms with Crippen LogP contribution < -0.4 is 5.32 Å². The number of aliphatic hydroxyl groups is 2. The van der Waals surface area contributed by atoms with Gasteiger partial charge in [-0.05, 0) is 18.2 Å². The van der Waals surface area contributed by atoms with E-state index in [1.807, 2.05) is 0 Å². The second kappa shape index (κ2) is 11.3. The van der Waals surface area contributed by atoms with Gasteiger partial charge in [0, 0.05) is 32.4 Å². The fourth-order valence-electron chi connectivity index (χ4n) is 2.73. The number of benzene rings is 1. The smallest absolute Gasteiger partial charge is 0.266 e. The first kappa shape index (κ1) is 24.1. The Morgan fingerprint density at radius 3 is 2.50 bits per heavy atom. The van der Waals surface area contributed by atoms with Crippen molar-refractivity contribution in [2.45, 2.75) is 4.90 Å². The molecule has 0 aromatic heterocycles. The molecule has 0 unspecified atom stereocenters. The lowest BCUT2D eigenvalue weighted by atomic mass is 10.2. The molecule has 1 aliphatic rings. The summed E-state index contributed by atoms with van der Waals surface area (Å²) in [5, 5.41) is 30.3. The molecule has 1 saturated heterocycles. The van der Waals surface area contributed by atoms with Gasteiger partial charge >= 0.3 is 0 Å². The summed E-state index contributed by atoms with van der Waals surface area (Å²) in [5.74, 6) is -0.693. The molecule has 10 nitrogen and oxygen atoms in total. The van der Waals surface area contributed by atoms with E-state index in [-0.39, 0.29) is 60.6 Å². The van der Waals surface area contributed by atoms with Crippen LogP contribution in [-0.2, 0) is 19.6 Å². The van der Waals surface area contributed by atoms with E-state index in [0.29, 0.717) is 13.2 Å². The lowest BCUT2D eigenvalue weighted by Gasteiger charge is -2.26. The van der Waals surface area contributed by atoms with Gasteiger partial charge in [-0.3, -0.25) is 4.79 Å². The zero-order valence-corrected chi connectivity index (χ0v) is 17.7. The minimum Gasteiger partial charge on any atom is -0.395 e. The molecule has 30 heavy (non-hydrogen) atoms. The Labute approximate surface area is 180 Å². The summed E-state index contributed by atoms with van der Waals surface area (Å²) in [6.07, 6.45) is 1.11. The third kappa shape index (κ3) is 5.91. The van der Waals surface area contributed by atoms with Gasteiger partial charge in [0.1, 0.15) is 11.6 Å². The molecule has 1 amide bonds. The van der Waals surface area contributed by atoms with Crippen molar-refractivity contribution in [1.29, 1.82) is 5.26 Å². The van der Waals surface area contributed by atoms with Gasteiger partial charge in [-0.15, -0.1) is 0 Å². The van der Waals surface area contributed by atoms with Crippen LogP contribution in [0.2, 0.25) is 5.02 Å². The number of nitrogens with zero attached hydrogens (tertiary/aromatic N) is 3. The number of anilines is 1. The van der Waals surface area contributed by atoms with E-state index in [4.69, 9.17) is 26.6 Å². The second-order valence-corrected chi connectivity index (χ2v) is 8.56. The van der Waals surface area contributed by atoms with Crippen molar-refractivity contribution < 1.29 is 28.2 Å². The largest absolute Gasteiger partial charge is 0.395 e. The Morgan fingerprint density at radius 2 is 1.93 bits per heavy atom. The van der Waals surface area contributed by atoms with Crippen LogP contribution in [0, 0.1) is 11.3 Å². The zero-order valence-electron chi connectivity index (χ0n) is 16.1. The summed E-state index contributed by atoms with van der Waals surface area (Å²) < 4.78 is 32.1. The van der Waals surface area contributed by atoms with Crippen molar-refractivity contribution in [2.75, 3.05) is 57.9 Å². The number of sulfonamides is 1. The first-order valence-corrected chi connectivity index (χ1v) is 10.9. The monoisotopic (exact) mass is 458 g/mol. The molecule has 1 aromatic rings. The SMILES string of the molecule is N#C/C(=C/Nc1cc(S(=O)(=O)N2CCOCC2)ccc1Cl)C(=O)N(CCO)CCO. The van der Waals surface area contributed by atoms with Crippen LogP contribution in [-0.4, -0.2) is 86.3 Å². The number of nitrogens with one attached hydrogen (secondary N) is 1. The number of rotatable bonds is 9. The normalized spacial score (nSPS) is 15.5. The molecule has 0 aliphatic carbocycles. The van der Waals surface area contributed by atoms with Gasteiger partial charge in [-0.1, -0.05) is 11.6 Å². The number of carbonyl (C=O) groups excluding carboxylic acids is 1. The number of morpholine rings is 1. The van der Waals surface area contributed by atoms with Crippen LogP contribution in [0.1, 0.15) is 0 Å². The Hall–Kier alpha value is -2.20. The van der Waals surface area contributed by atoms with Crippen LogP contribution in [0.4, 0.5) is 5.69 Å². The molecule has 3 N–H and O–H groups in total. The van der Waals surface area contributed by atoms with Gasteiger partial charge in [-0.2, -0.15) is 9.57 Å². The highest BCUT2D eigenvalue weighted by molar-refractivity contribution is 7.89. The van der Waals surface area contributed by atoms with Gasteiger partial charge in [0.25, 0.3) is 5.91 Å². The highest BCUT2D eigenvalue weighted by atomic mass is 35.5. The fourth-order valence-corrected chi connectivity index (χ4v) is 4.34. The summed E-state index contributed by atoms with van der Waals surface area (Å²) >= 11 is 6.14. The average Bonchev–Trinajstić information content (AvgIpc) is 2.75. The molecule has 2 rings (SSSR count). The Balaban J connectivity index is 2.26. The summed E-state index contributed by atoms with van der Waals surface area (Å²) in [7, 11) is -3.75. The van der Waals surface area contributed by atoms with E-state index in [2.05, 4.69) is 5.32 Å². The summed E-state index contributed by atoms with van der Waals surface area (Å²) in [5.41, 5.74) is -0.100. The minimum atomic E-state index is -3.75. The number of ether oxygens (including phenoxy) is 1. The highest BCUT2D eigenvalue weighted by Crippen LogP contribution is 2.27. The Bertz CT molecular complexity index is 919. The number of nitriles is 1. The molecule has 0 saturated carbocycles. The van der Waals surface area contributed by atoms with Gasteiger partial charge in [-0.25, -0.2) is 8.42 Å². The lowest BCUT2D eigenvalue weighted by Crippen LogP contribution is -2.40. The van der Waals surface area contributed by atoms with Crippen LogP contribution in [0.15, 0.2) is 34.9 Å². The Morgan fingerprint density at radius 1 is 1.30 bits per heavy atom. The van der Waals surface area contributed by atoms with Crippen molar-refractivity contribution >= 4 is 33.2 Å². The number of hydrogen-bond donors (Lipinski definition) is 3. The molecule has 0 radical (unpaired) electrons. The molecule has 1 aromatic carbocycles. The molecule has 0 spiro atoms. The second-order valence-electron chi connectivity index (χ2n) is 6.21. The van der Waals surface area contributed by atoms with E-state index >= 15 is 0 Å². The predicted octanol–water partition coefficient (Wildman–Crippen LogP) is -0.00652. The maximum Gasteiger partial charge on any atom is 0.266 e. The molecular weight excluding hydrogens is 436 g/mol. The van der Waals surface area contributed by atoms with E-state index in [1.54, 1.807) is 6.07 Å². The van der Waals surface area contributed by atoms with E-state index in [1.165, 1.54) is 22.5 Å². The van der Waals surface area contributed by atoms with Crippen molar-refractivity contribution in [3.63, 3.8) is 0 Å². The number of halogens is 1. The summed E-state index contributed by atoms with van der Waals surface area (Å²) in [6, 6.07) is 5.85. The standard InChI is InChI=1S/C18H23ClN4O6S/c19-16-2-1-15(30(27,28)23-5-9-29-10-6-23)11-17(16)21-13-14(12-20)18(26)22(3-7-24)4-8-25/h1-2,11,13,21,24-25H,3-10H2/b14-13-. The Kier molecular flexibility index (Phi) is 9.04. The van der Waals surface area contributed by atoms with E-state index in [9.17, 15) is 18.5 Å².